The molecular weight excluding hydrogens is 424 g/mol. The van der Waals surface area contributed by atoms with Crippen LogP contribution >= 0.6 is 0 Å². The van der Waals surface area contributed by atoms with Gasteiger partial charge in [0.2, 0.25) is 12.7 Å². The van der Waals surface area contributed by atoms with Gasteiger partial charge in [-0.1, -0.05) is 0 Å². The molecule has 3 heterocycles. The van der Waals surface area contributed by atoms with Crippen molar-refractivity contribution in [2.45, 2.75) is 6.54 Å². The van der Waals surface area contributed by atoms with Crippen LogP contribution in [0.25, 0.3) is 11.4 Å². The highest BCUT2D eigenvalue weighted by Gasteiger charge is 2.15. The van der Waals surface area contributed by atoms with Gasteiger partial charge in [-0.25, -0.2) is 4.98 Å². The van der Waals surface area contributed by atoms with Crippen molar-refractivity contribution in [3.8, 4) is 34.4 Å². The van der Waals surface area contributed by atoms with Crippen LogP contribution in [0.1, 0.15) is 5.56 Å². The highest BCUT2D eigenvalue weighted by molar-refractivity contribution is 5.71. The van der Waals surface area contributed by atoms with Crippen LogP contribution in [0, 0.1) is 0 Å². The number of aromatic nitrogens is 4. The standard InChI is InChI=1S/C23H22N6O4/c1-30-16-8-14(9-17(11-16)31-2)12-25-21-18(4-3-7-24-21)22-27-23(29-28-22)26-15-5-6-19-20(10-15)33-13-32-19/h3-11H,12-13H2,1-2H3,(H,24,25)(H2,26,27,28,29). The first kappa shape index (κ1) is 20.4. The van der Waals surface area contributed by atoms with Gasteiger partial charge in [0, 0.05) is 30.6 Å². The van der Waals surface area contributed by atoms with Crippen molar-refractivity contribution in [3.63, 3.8) is 0 Å². The normalized spacial score (nSPS) is 11.8. The Morgan fingerprint density at radius 2 is 1.82 bits per heavy atom. The molecular formula is C23H22N6O4. The minimum absolute atomic E-state index is 0.225. The second-order valence-corrected chi connectivity index (χ2v) is 7.17. The van der Waals surface area contributed by atoms with E-state index in [9.17, 15) is 0 Å². The second-order valence-electron chi connectivity index (χ2n) is 7.17. The third kappa shape index (κ3) is 4.45. The molecule has 0 atom stereocenters. The molecule has 2 aromatic heterocycles. The number of rotatable bonds is 8. The fraction of sp³-hybridized carbons (Fsp3) is 0.174. The number of ether oxygens (including phenoxy) is 4. The maximum absolute atomic E-state index is 5.42. The summed E-state index contributed by atoms with van der Waals surface area (Å²) in [7, 11) is 3.25. The largest absolute Gasteiger partial charge is 0.497 e. The van der Waals surface area contributed by atoms with Crippen LogP contribution in [0.15, 0.2) is 54.7 Å². The van der Waals surface area contributed by atoms with Gasteiger partial charge in [-0.2, -0.15) is 4.98 Å². The Morgan fingerprint density at radius 1 is 1.00 bits per heavy atom. The zero-order chi connectivity index (χ0) is 22.6. The number of H-pyrrole nitrogens is 1. The van der Waals surface area contributed by atoms with Gasteiger partial charge in [-0.05, 0) is 42.0 Å². The molecule has 2 aromatic carbocycles. The fourth-order valence-electron chi connectivity index (χ4n) is 3.43. The van der Waals surface area contributed by atoms with E-state index in [2.05, 4.69) is 30.8 Å². The van der Waals surface area contributed by atoms with Gasteiger partial charge in [0.25, 0.3) is 0 Å². The number of methoxy groups -OCH3 is 2. The first-order valence-electron chi connectivity index (χ1n) is 10.2. The summed E-state index contributed by atoms with van der Waals surface area (Å²) in [5.74, 6) is 4.53. The molecule has 168 valence electrons. The van der Waals surface area contributed by atoms with Gasteiger partial charge in [0.15, 0.2) is 17.3 Å². The molecule has 1 aliphatic heterocycles. The predicted molar refractivity (Wildman–Crippen MR) is 122 cm³/mol. The van der Waals surface area contributed by atoms with E-state index in [0.29, 0.717) is 29.9 Å². The maximum atomic E-state index is 5.42. The Hall–Kier alpha value is -4.47. The molecule has 10 nitrogen and oxygen atoms in total. The zero-order valence-corrected chi connectivity index (χ0v) is 18.1. The Kier molecular flexibility index (Phi) is 5.54. The molecule has 1 aliphatic rings. The lowest BCUT2D eigenvalue weighted by Gasteiger charge is -2.11. The summed E-state index contributed by atoms with van der Waals surface area (Å²) in [6, 6.07) is 15.1. The van der Waals surface area contributed by atoms with Crippen molar-refractivity contribution < 1.29 is 18.9 Å². The lowest BCUT2D eigenvalue weighted by atomic mass is 10.2. The molecule has 3 N–H and O–H groups in total. The first-order chi connectivity index (χ1) is 16.2. The topological polar surface area (TPSA) is 115 Å². The molecule has 0 aliphatic carbocycles. The van der Waals surface area contributed by atoms with Gasteiger partial charge in [0.05, 0.1) is 19.8 Å². The van der Waals surface area contributed by atoms with Gasteiger partial charge in [-0.3, -0.25) is 5.10 Å². The summed E-state index contributed by atoms with van der Waals surface area (Å²) in [4.78, 5) is 9.05. The van der Waals surface area contributed by atoms with E-state index in [1.165, 1.54) is 0 Å². The van der Waals surface area contributed by atoms with E-state index < -0.39 is 0 Å². The number of nitrogens with one attached hydrogen (secondary N) is 3. The van der Waals surface area contributed by atoms with Crippen LogP contribution < -0.4 is 29.6 Å². The summed E-state index contributed by atoms with van der Waals surface area (Å²) >= 11 is 0. The number of hydrogen-bond donors (Lipinski definition) is 3. The molecule has 0 bridgehead atoms. The number of aromatic amines is 1. The minimum Gasteiger partial charge on any atom is -0.497 e. The number of pyridine rings is 1. The Balaban J connectivity index is 1.33. The van der Waals surface area contributed by atoms with Crippen molar-refractivity contribution in [2.24, 2.45) is 0 Å². The average molecular weight is 446 g/mol. The molecule has 0 saturated carbocycles. The second kappa shape index (κ2) is 8.95. The van der Waals surface area contributed by atoms with Crippen LogP contribution in [0.4, 0.5) is 17.5 Å². The lowest BCUT2D eigenvalue weighted by Crippen LogP contribution is -2.04. The lowest BCUT2D eigenvalue weighted by molar-refractivity contribution is 0.174. The summed E-state index contributed by atoms with van der Waals surface area (Å²) in [5.41, 5.74) is 2.57. The highest BCUT2D eigenvalue weighted by atomic mass is 16.7. The highest BCUT2D eigenvalue weighted by Crippen LogP contribution is 2.35. The summed E-state index contributed by atoms with van der Waals surface area (Å²) in [5, 5.41) is 13.8. The minimum atomic E-state index is 0.225. The monoisotopic (exact) mass is 446 g/mol. The van der Waals surface area contributed by atoms with E-state index in [-0.39, 0.29) is 6.79 Å². The van der Waals surface area contributed by atoms with Crippen molar-refractivity contribution >= 4 is 17.5 Å². The van der Waals surface area contributed by atoms with E-state index in [1.54, 1.807) is 20.4 Å². The maximum Gasteiger partial charge on any atom is 0.246 e. The van der Waals surface area contributed by atoms with Gasteiger partial charge >= 0.3 is 0 Å². The molecule has 0 spiro atoms. The summed E-state index contributed by atoms with van der Waals surface area (Å²) in [6.07, 6.45) is 1.72. The molecule has 0 unspecified atom stereocenters. The van der Waals surface area contributed by atoms with E-state index in [0.717, 1.165) is 34.1 Å². The third-order valence-corrected chi connectivity index (χ3v) is 5.05. The fourth-order valence-corrected chi connectivity index (χ4v) is 3.43. The molecule has 10 heteroatoms. The molecule has 0 saturated heterocycles. The number of hydrogen-bond acceptors (Lipinski definition) is 9. The predicted octanol–water partition coefficient (Wildman–Crippen LogP) is 3.97. The molecule has 33 heavy (non-hydrogen) atoms. The zero-order valence-electron chi connectivity index (χ0n) is 18.1. The Labute approximate surface area is 189 Å². The number of nitrogens with zero attached hydrogens (tertiary/aromatic N) is 3. The average Bonchev–Trinajstić information content (AvgIpc) is 3.52. The number of anilines is 3. The van der Waals surface area contributed by atoms with E-state index >= 15 is 0 Å². The molecule has 0 fully saturated rings. The summed E-state index contributed by atoms with van der Waals surface area (Å²) in [6.45, 7) is 0.747. The third-order valence-electron chi connectivity index (χ3n) is 5.05. The molecule has 5 rings (SSSR count). The van der Waals surface area contributed by atoms with Crippen molar-refractivity contribution in [1.29, 1.82) is 0 Å². The first-order valence-corrected chi connectivity index (χ1v) is 10.2. The summed E-state index contributed by atoms with van der Waals surface area (Å²) < 4.78 is 21.5. The number of fused-ring (bicyclic) bond motifs is 1. The van der Waals surface area contributed by atoms with E-state index in [4.69, 9.17) is 18.9 Å². The van der Waals surface area contributed by atoms with Crippen LogP contribution in [0.2, 0.25) is 0 Å². The SMILES string of the molecule is COc1cc(CNc2ncccc2-c2nc(Nc3ccc4c(c3)OCO4)n[nH]2)cc(OC)c1. The smallest absolute Gasteiger partial charge is 0.246 e. The van der Waals surface area contributed by atoms with Gasteiger partial charge < -0.3 is 29.6 Å². The number of benzene rings is 2. The van der Waals surface area contributed by atoms with Crippen LogP contribution in [0.3, 0.4) is 0 Å². The Morgan fingerprint density at radius 3 is 2.64 bits per heavy atom. The van der Waals surface area contributed by atoms with Crippen LogP contribution in [-0.4, -0.2) is 41.2 Å². The van der Waals surface area contributed by atoms with Crippen LogP contribution in [-0.2, 0) is 6.54 Å². The molecule has 0 radical (unpaired) electrons. The van der Waals surface area contributed by atoms with Crippen molar-refractivity contribution in [3.05, 3.63) is 60.3 Å². The Bertz CT molecular complexity index is 1250. The quantitative estimate of drug-likeness (QED) is 0.370. The van der Waals surface area contributed by atoms with Gasteiger partial charge in [0.1, 0.15) is 17.3 Å². The van der Waals surface area contributed by atoms with Crippen LogP contribution in [0.5, 0.6) is 23.0 Å². The molecule has 4 aromatic rings. The van der Waals surface area contributed by atoms with Crippen molar-refractivity contribution in [2.75, 3.05) is 31.6 Å². The molecule has 0 amide bonds. The van der Waals surface area contributed by atoms with Gasteiger partial charge in [-0.15, -0.1) is 5.10 Å². The van der Waals surface area contributed by atoms with E-state index in [1.807, 2.05) is 48.5 Å². The van der Waals surface area contributed by atoms with Crippen molar-refractivity contribution in [1.82, 2.24) is 20.2 Å².